The molecular weight excluding hydrogens is 208 g/mol. The van der Waals surface area contributed by atoms with Crippen LogP contribution in [0.5, 0.6) is 0 Å². The molecule has 0 aromatic rings. The van der Waals surface area contributed by atoms with Gasteiger partial charge in [0, 0.05) is 24.9 Å². The molecule has 90 valence electrons. The third-order valence-corrected chi connectivity index (χ3v) is 3.54. The first kappa shape index (κ1) is 11.6. The van der Waals surface area contributed by atoms with Gasteiger partial charge in [-0.25, -0.2) is 0 Å². The van der Waals surface area contributed by atoms with Crippen molar-refractivity contribution in [3.8, 4) is 0 Å². The van der Waals surface area contributed by atoms with Gasteiger partial charge in [-0.1, -0.05) is 13.3 Å². The molecule has 2 rings (SSSR count). The molecule has 1 saturated carbocycles. The number of aldehydes is 1. The minimum Gasteiger partial charge on any atom is -0.462 e. The SMILES string of the molecule is CCCCO[C@@H]1C[C@@H]2OC(=O)C[C@@H]2[C@H]1C=O. The van der Waals surface area contributed by atoms with Crippen molar-refractivity contribution >= 4 is 12.3 Å². The van der Waals surface area contributed by atoms with Crippen molar-refractivity contribution in [2.75, 3.05) is 6.61 Å². The zero-order valence-corrected chi connectivity index (χ0v) is 9.56. The molecule has 0 aromatic carbocycles. The van der Waals surface area contributed by atoms with Crippen LogP contribution in [0, 0.1) is 11.8 Å². The smallest absolute Gasteiger partial charge is 0.306 e. The number of ether oxygens (including phenoxy) is 2. The summed E-state index contributed by atoms with van der Waals surface area (Å²) in [5.74, 6) is -0.279. The van der Waals surface area contributed by atoms with Crippen LogP contribution in [-0.2, 0) is 19.1 Å². The van der Waals surface area contributed by atoms with Crippen LogP contribution in [0.3, 0.4) is 0 Å². The summed E-state index contributed by atoms with van der Waals surface area (Å²) in [7, 11) is 0. The minimum absolute atomic E-state index is 0.0489. The Labute approximate surface area is 95.3 Å². The number of carbonyl (C=O) groups excluding carboxylic acids is 2. The summed E-state index contributed by atoms with van der Waals surface area (Å²) in [5, 5.41) is 0. The van der Waals surface area contributed by atoms with Crippen molar-refractivity contribution in [2.45, 2.75) is 44.8 Å². The number of fused-ring (bicyclic) bond motifs is 1. The molecule has 0 bridgehead atoms. The second-order valence-corrected chi connectivity index (χ2v) is 4.61. The largest absolute Gasteiger partial charge is 0.462 e. The summed E-state index contributed by atoms with van der Waals surface area (Å²) in [4.78, 5) is 22.2. The summed E-state index contributed by atoms with van der Waals surface area (Å²) in [6, 6.07) is 0. The van der Waals surface area contributed by atoms with E-state index in [-0.39, 0.29) is 30.0 Å². The Morgan fingerprint density at radius 3 is 3.06 bits per heavy atom. The first-order chi connectivity index (χ1) is 7.76. The topological polar surface area (TPSA) is 52.6 Å². The van der Waals surface area contributed by atoms with E-state index in [9.17, 15) is 9.59 Å². The van der Waals surface area contributed by atoms with E-state index in [1.165, 1.54) is 0 Å². The number of carbonyl (C=O) groups is 2. The van der Waals surface area contributed by atoms with Crippen molar-refractivity contribution in [1.82, 2.24) is 0 Å². The molecule has 0 amide bonds. The maximum Gasteiger partial charge on any atom is 0.306 e. The van der Waals surface area contributed by atoms with Crippen LogP contribution in [0.15, 0.2) is 0 Å². The van der Waals surface area contributed by atoms with Crippen LogP contribution in [0.25, 0.3) is 0 Å². The summed E-state index contributed by atoms with van der Waals surface area (Å²) in [5.41, 5.74) is 0. The Hall–Kier alpha value is -0.900. The predicted octanol–water partition coefficient (Wildman–Crippen LogP) is 1.32. The monoisotopic (exact) mass is 226 g/mol. The summed E-state index contributed by atoms with van der Waals surface area (Å²) >= 11 is 0. The number of hydrogen-bond acceptors (Lipinski definition) is 4. The van der Waals surface area contributed by atoms with E-state index in [1.54, 1.807) is 0 Å². The van der Waals surface area contributed by atoms with E-state index >= 15 is 0 Å². The van der Waals surface area contributed by atoms with Crippen molar-refractivity contribution in [1.29, 1.82) is 0 Å². The molecule has 0 unspecified atom stereocenters. The lowest BCUT2D eigenvalue weighted by Gasteiger charge is -2.17. The van der Waals surface area contributed by atoms with Gasteiger partial charge in [-0.3, -0.25) is 4.79 Å². The fourth-order valence-electron chi connectivity index (χ4n) is 2.64. The average Bonchev–Trinajstić information content (AvgIpc) is 2.74. The van der Waals surface area contributed by atoms with Crippen LogP contribution in [0.2, 0.25) is 0 Å². The molecule has 1 heterocycles. The molecule has 16 heavy (non-hydrogen) atoms. The van der Waals surface area contributed by atoms with Crippen LogP contribution in [0.1, 0.15) is 32.6 Å². The fraction of sp³-hybridized carbons (Fsp3) is 0.833. The van der Waals surface area contributed by atoms with Crippen LogP contribution < -0.4 is 0 Å². The molecule has 4 nitrogen and oxygen atoms in total. The Morgan fingerprint density at radius 2 is 2.38 bits per heavy atom. The number of rotatable bonds is 5. The molecular formula is C12H18O4. The number of esters is 1. The molecule has 0 radical (unpaired) electrons. The Kier molecular flexibility index (Phi) is 3.59. The van der Waals surface area contributed by atoms with E-state index in [4.69, 9.17) is 9.47 Å². The van der Waals surface area contributed by atoms with Gasteiger partial charge in [-0.2, -0.15) is 0 Å². The van der Waals surface area contributed by atoms with Gasteiger partial charge in [0.2, 0.25) is 0 Å². The van der Waals surface area contributed by atoms with Crippen LogP contribution in [-0.4, -0.2) is 31.1 Å². The van der Waals surface area contributed by atoms with Crippen LogP contribution in [0.4, 0.5) is 0 Å². The van der Waals surface area contributed by atoms with Crippen molar-refractivity contribution in [3.05, 3.63) is 0 Å². The summed E-state index contributed by atoms with van der Waals surface area (Å²) in [6.07, 6.45) is 3.95. The quantitative estimate of drug-likeness (QED) is 0.403. The highest BCUT2D eigenvalue weighted by Gasteiger charge is 2.50. The molecule has 0 aromatic heterocycles. The molecule has 4 heteroatoms. The van der Waals surface area contributed by atoms with Gasteiger partial charge in [0.15, 0.2) is 0 Å². The van der Waals surface area contributed by atoms with Gasteiger partial charge in [0.05, 0.1) is 12.5 Å². The first-order valence-corrected chi connectivity index (χ1v) is 6.02. The van der Waals surface area contributed by atoms with Gasteiger partial charge in [-0.15, -0.1) is 0 Å². The van der Waals surface area contributed by atoms with E-state index in [0.717, 1.165) is 19.1 Å². The Bertz CT molecular complexity index is 276. The van der Waals surface area contributed by atoms with E-state index < -0.39 is 0 Å². The van der Waals surface area contributed by atoms with Gasteiger partial charge in [0.1, 0.15) is 12.4 Å². The third-order valence-electron chi connectivity index (χ3n) is 3.54. The highest BCUT2D eigenvalue weighted by atomic mass is 16.6. The predicted molar refractivity (Wildman–Crippen MR) is 56.8 cm³/mol. The summed E-state index contributed by atoms with van der Waals surface area (Å²) in [6.45, 7) is 2.80. The van der Waals surface area contributed by atoms with E-state index in [0.29, 0.717) is 19.4 Å². The standard InChI is InChI=1S/C12H18O4/c1-2-3-4-15-10-6-11-8(9(10)7-13)5-12(14)16-11/h7-11H,2-6H2,1H3/t8-,9-,10-,11+/m1/s1. The molecule has 2 fully saturated rings. The molecule has 4 atom stereocenters. The van der Waals surface area contributed by atoms with E-state index in [1.807, 2.05) is 0 Å². The third kappa shape index (κ3) is 2.12. The highest BCUT2D eigenvalue weighted by Crippen LogP contribution is 2.41. The highest BCUT2D eigenvalue weighted by molar-refractivity contribution is 5.74. The van der Waals surface area contributed by atoms with Gasteiger partial charge >= 0.3 is 5.97 Å². The van der Waals surface area contributed by atoms with Crippen molar-refractivity contribution in [3.63, 3.8) is 0 Å². The molecule has 1 aliphatic carbocycles. The van der Waals surface area contributed by atoms with Gasteiger partial charge < -0.3 is 14.3 Å². The lowest BCUT2D eigenvalue weighted by atomic mass is 9.94. The average molecular weight is 226 g/mol. The molecule has 0 spiro atoms. The number of hydrogen-bond donors (Lipinski definition) is 0. The molecule has 1 saturated heterocycles. The summed E-state index contributed by atoms with van der Waals surface area (Å²) < 4.78 is 10.9. The zero-order chi connectivity index (χ0) is 11.5. The van der Waals surface area contributed by atoms with Crippen molar-refractivity contribution in [2.24, 2.45) is 11.8 Å². The molecule has 0 N–H and O–H groups in total. The number of unbranched alkanes of at least 4 members (excludes halogenated alkanes) is 1. The zero-order valence-electron chi connectivity index (χ0n) is 9.56. The first-order valence-electron chi connectivity index (χ1n) is 6.02. The normalized spacial score (nSPS) is 37.2. The van der Waals surface area contributed by atoms with Gasteiger partial charge in [0.25, 0.3) is 0 Å². The maximum atomic E-state index is 11.1. The van der Waals surface area contributed by atoms with E-state index in [2.05, 4.69) is 6.92 Å². The van der Waals surface area contributed by atoms with Crippen LogP contribution >= 0.6 is 0 Å². The second-order valence-electron chi connectivity index (χ2n) is 4.61. The minimum atomic E-state index is -0.172. The fourth-order valence-corrected chi connectivity index (χ4v) is 2.64. The Morgan fingerprint density at radius 1 is 1.56 bits per heavy atom. The van der Waals surface area contributed by atoms with Gasteiger partial charge in [-0.05, 0) is 6.42 Å². The molecule has 2 aliphatic rings. The Balaban J connectivity index is 1.91. The molecule has 1 aliphatic heterocycles. The maximum absolute atomic E-state index is 11.1. The lowest BCUT2D eigenvalue weighted by molar-refractivity contribution is -0.142. The second kappa shape index (κ2) is 4.95. The lowest BCUT2D eigenvalue weighted by Crippen LogP contribution is -2.24. The van der Waals surface area contributed by atoms with Crippen molar-refractivity contribution < 1.29 is 19.1 Å².